The molecule has 0 saturated carbocycles. The summed E-state index contributed by atoms with van der Waals surface area (Å²) in [7, 11) is 0. The van der Waals surface area contributed by atoms with E-state index in [1.54, 1.807) is 0 Å². The molecule has 1 aliphatic rings. The zero-order valence-corrected chi connectivity index (χ0v) is 16.1. The molecule has 3 heterocycles. The predicted octanol–water partition coefficient (Wildman–Crippen LogP) is 3.82. The van der Waals surface area contributed by atoms with Gasteiger partial charge in [-0.05, 0) is 31.2 Å². The van der Waals surface area contributed by atoms with Gasteiger partial charge in [0.1, 0.15) is 11.9 Å². The maximum atomic E-state index is 12.8. The van der Waals surface area contributed by atoms with Crippen LogP contribution in [0.5, 0.6) is 0 Å². The van der Waals surface area contributed by atoms with Gasteiger partial charge in [0, 0.05) is 18.5 Å². The van der Waals surface area contributed by atoms with E-state index in [1.165, 1.54) is 0 Å². The van der Waals surface area contributed by atoms with Crippen molar-refractivity contribution in [3.05, 3.63) is 71.2 Å². The summed E-state index contributed by atoms with van der Waals surface area (Å²) in [6.45, 7) is 5.50. The van der Waals surface area contributed by atoms with Crippen LogP contribution in [0, 0.1) is 6.92 Å². The van der Waals surface area contributed by atoms with Crippen LogP contribution in [0.25, 0.3) is 11.3 Å². The Morgan fingerprint density at radius 1 is 1.18 bits per heavy atom. The highest BCUT2D eigenvalue weighted by Crippen LogP contribution is 2.29. The van der Waals surface area contributed by atoms with E-state index in [4.69, 9.17) is 14.2 Å². The second-order valence-electron chi connectivity index (χ2n) is 6.84. The number of nitrogens with zero attached hydrogens (tertiary/aromatic N) is 3. The van der Waals surface area contributed by atoms with E-state index in [2.05, 4.69) is 5.16 Å². The van der Waals surface area contributed by atoms with E-state index in [-0.39, 0.29) is 12.0 Å². The molecule has 0 bridgehead atoms. The predicted molar refractivity (Wildman–Crippen MR) is 105 cm³/mol. The molecule has 1 saturated heterocycles. The quantitative estimate of drug-likeness (QED) is 0.691. The summed E-state index contributed by atoms with van der Waals surface area (Å²) in [6, 6.07) is 15.2. The zero-order chi connectivity index (χ0) is 19.5. The summed E-state index contributed by atoms with van der Waals surface area (Å²) in [6.07, 6.45) is 0.494. The fourth-order valence-corrected chi connectivity index (χ4v) is 3.53. The molecule has 0 spiro atoms. The first-order valence-corrected chi connectivity index (χ1v) is 9.55. The lowest BCUT2D eigenvalue weighted by Crippen LogP contribution is -2.42. The number of morpholine rings is 1. The molecular formula is C22H23N3O3. The van der Waals surface area contributed by atoms with E-state index >= 15 is 0 Å². The van der Waals surface area contributed by atoms with Crippen molar-refractivity contribution in [1.82, 2.24) is 15.0 Å². The van der Waals surface area contributed by atoms with Crippen LogP contribution in [0.15, 0.2) is 53.1 Å². The maximum Gasteiger partial charge on any atom is 0.254 e. The highest BCUT2D eigenvalue weighted by atomic mass is 16.5. The lowest BCUT2D eigenvalue weighted by atomic mass is 10.1. The van der Waals surface area contributed by atoms with Gasteiger partial charge in [-0.15, -0.1) is 0 Å². The second kappa shape index (κ2) is 7.94. The average Bonchev–Trinajstić information content (AvgIpc) is 3.14. The number of amides is 1. The molecule has 0 unspecified atom stereocenters. The summed E-state index contributed by atoms with van der Waals surface area (Å²) in [5, 5.41) is 4.08. The molecule has 1 aliphatic heterocycles. The Bertz CT molecular complexity index is 968. The van der Waals surface area contributed by atoms with Crippen LogP contribution in [0.4, 0.5) is 0 Å². The van der Waals surface area contributed by atoms with Crippen molar-refractivity contribution in [1.29, 1.82) is 0 Å². The molecule has 0 aliphatic carbocycles. The largest absolute Gasteiger partial charge is 0.368 e. The molecule has 1 aromatic carbocycles. The number of aromatic nitrogens is 2. The molecule has 1 amide bonds. The molecular weight excluding hydrogens is 354 g/mol. The van der Waals surface area contributed by atoms with Crippen LogP contribution in [0.2, 0.25) is 0 Å². The fourth-order valence-electron chi connectivity index (χ4n) is 3.53. The molecule has 2 aromatic heterocycles. The van der Waals surface area contributed by atoms with Crippen LogP contribution < -0.4 is 0 Å². The average molecular weight is 377 g/mol. The SMILES string of the molecule is CCc1onc(C)c1-c1cccc([C@H]2CN(C(=O)c3ccccc3)CCO2)n1. The topological polar surface area (TPSA) is 68.5 Å². The number of rotatable bonds is 4. The molecule has 144 valence electrons. The third-order valence-electron chi connectivity index (χ3n) is 4.99. The Balaban J connectivity index is 1.58. The van der Waals surface area contributed by atoms with Crippen molar-refractivity contribution < 1.29 is 14.1 Å². The molecule has 3 aromatic rings. The van der Waals surface area contributed by atoms with Gasteiger partial charge in [0.15, 0.2) is 0 Å². The molecule has 1 atom stereocenters. The van der Waals surface area contributed by atoms with Crippen molar-refractivity contribution >= 4 is 5.91 Å². The number of hydrogen-bond donors (Lipinski definition) is 0. The number of aryl methyl sites for hydroxylation is 2. The van der Waals surface area contributed by atoms with E-state index < -0.39 is 0 Å². The van der Waals surface area contributed by atoms with Gasteiger partial charge in [-0.2, -0.15) is 0 Å². The lowest BCUT2D eigenvalue weighted by molar-refractivity contribution is -0.0246. The summed E-state index contributed by atoms with van der Waals surface area (Å²) in [5.74, 6) is 0.848. The summed E-state index contributed by atoms with van der Waals surface area (Å²) in [5.41, 5.74) is 4.09. The number of hydrogen-bond acceptors (Lipinski definition) is 5. The van der Waals surface area contributed by atoms with E-state index in [0.717, 1.165) is 34.8 Å². The molecule has 6 heteroatoms. The van der Waals surface area contributed by atoms with Crippen LogP contribution in [0.3, 0.4) is 0 Å². The molecule has 0 radical (unpaired) electrons. The molecule has 1 fully saturated rings. The van der Waals surface area contributed by atoms with Gasteiger partial charge in [-0.25, -0.2) is 4.98 Å². The Morgan fingerprint density at radius 3 is 2.79 bits per heavy atom. The monoisotopic (exact) mass is 377 g/mol. The minimum atomic E-state index is -0.258. The van der Waals surface area contributed by atoms with Crippen molar-refractivity contribution in [2.75, 3.05) is 19.7 Å². The van der Waals surface area contributed by atoms with Crippen LogP contribution >= 0.6 is 0 Å². The fraction of sp³-hybridized carbons (Fsp3) is 0.318. The number of pyridine rings is 1. The molecule has 6 nitrogen and oxygen atoms in total. The zero-order valence-electron chi connectivity index (χ0n) is 16.1. The van der Waals surface area contributed by atoms with Crippen molar-refractivity contribution in [3.63, 3.8) is 0 Å². The van der Waals surface area contributed by atoms with Gasteiger partial charge in [0.2, 0.25) is 0 Å². The van der Waals surface area contributed by atoms with Gasteiger partial charge < -0.3 is 14.2 Å². The van der Waals surface area contributed by atoms with Gasteiger partial charge >= 0.3 is 0 Å². The maximum absolute atomic E-state index is 12.8. The number of benzene rings is 1. The molecule has 0 N–H and O–H groups in total. The molecule has 4 rings (SSSR count). The first-order valence-electron chi connectivity index (χ1n) is 9.55. The highest BCUT2D eigenvalue weighted by Gasteiger charge is 2.27. The number of carbonyl (C=O) groups excluding carboxylic acids is 1. The summed E-state index contributed by atoms with van der Waals surface area (Å²) >= 11 is 0. The first kappa shape index (κ1) is 18.4. The van der Waals surface area contributed by atoms with Gasteiger partial charge in [0.05, 0.1) is 35.8 Å². The van der Waals surface area contributed by atoms with Gasteiger partial charge in [-0.3, -0.25) is 4.79 Å². The highest BCUT2D eigenvalue weighted by molar-refractivity contribution is 5.94. The van der Waals surface area contributed by atoms with Crippen molar-refractivity contribution in [2.24, 2.45) is 0 Å². The normalized spacial score (nSPS) is 16.9. The summed E-state index contributed by atoms with van der Waals surface area (Å²) in [4.78, 5) is 19.4. The smallest absolute Gasteiger partial charge is 0.254 e. The van der Waals surface area contributed by atoms with Crippen LogP contribution in [-0.4, -0.2) is 40.6 Å². The van der Waals surface area contributed by atoms with Gasteiger partial charge in [0.25, 0.3) is 5.91 Å². The summed E-state index contributed by atoms with van der Waals surface area (Å²) < 4.78 is 11.4. The standard InChI is InChI=1S/C22H23N3O3/c1-3-19-21(15(2)24-28-19)18-11-7-10-17(23-18)20-14-25(12-13-27-20)22(26)16-8-5-4-6-9-16/h4-11,20H,3,12-14H2,1-2H3/t20-/m1/s1. The van der Waals surface area contributed by atoms with Crippen molar-refractivity contribution in [2.45, 2.75) is 26.4 Å². The Hall–Kier alpha value is -2.99. The lowest BCUT2D eigenvalue weighted by Gasteiger charge is -2.33. The van der Waals surface area contributed by atoms with Gasteiger partial charge in [-0.1, -0.05) is 36.3 Å². The Morgan fingerprint density at radius 2 is 2.00 bits per heavy atom. The minimum Gasteiger partial charge on any atom is -0.368 e. The van der Waals surface area contributed by atoms with Crippen LogP contribution in [-0.2, 0) is 11.2 Å². The Labute approximate surface area is 164 Å². The van der Waals surface area contributed by atoms with Crippen molar-refractivity contribution in [3.8, 4) is 11.3 Å². The minimum absolute atomic E-state index is 0.0215. The second-order valence-corrected chi connectivity index (χ2v) is 6.84. The van der Waals surface area contributed by atoms with E-state index in [0.29, 0.717) is 25.3 Å². The molecule has 28 heavy (non-hydrogen) atoms. The number of carbonyl (C=O) groups is 1. The van der Waals surface area contributed by atoms with E-state index in [1.807, 2.05) is 67.3 Å². The number of ether oxygens (including phenoxy) is 1. The first-order chi connectivity index (χ1) is 13.7. The third kappa shape index (κ3) is 3.55. The van der Waals surface area contributed by atoms with Crippen LogP contribution in [0.1, 0.15) is 40.5 Å². The Kier molecular flexibility index (Phi) is 5.21. The van der Waals surface area contributed by atoms with E-state index in [9.17, 15) is 4.79 Å². The third-order valence-corrected chi connectivity index (χ3v) is 4.99.